The first-order valence-electron chi connectivity index (χ1n) is 5.57. The minimum Gasteiger partial charge on any atom is -0.378 e. The number of rotatable bonds is 7. The van der Waals surface area contributed by atoms with Crippen LogP contribution in [-0.2, 0) is 4.74 Å². The molecule has 0 aliphatic carbocycles. The number of pyridine rings is 1. The molecule has 0 aromatic carbocycles. The molecule has 0 bridgehead atoms. The number of anilines is 1. The Morgan fingerprint density at radius 1 is 1.31 bits per heavy atom. The Morgan fingerprint density at radius 2 is 2.12 bits per heavy atom. The molecular formula is C12H21N3O. The van der Waals surface area contributed by atoms with Gasteiger partial charge in [-0.05, 0) is 32.6 Å². The molecule has 0 aliphatic heterocycles. The lowest BCUT2D eigenvalue weighted by molar-refractivity contribution is 0.126. The molecule has 1 N–H and O–H groups in total. The SMILES string of the molecule is Cc1ccc(NCCOCCN(C)C)nc1. The molecule has 0 fully saturated rings. The molecule has 4 heteroatoms. The van der Waals surface area contributed by atoms with Crippen molar-refractivity contribution in [3.05, 3.63) is 23.9 Å². The maximum Gasteiger partial charge on any atom is 0.125 e. The van der Waals surface area contributed by atoms with E-state index in [4.69, 9.17) is 4.74 Å². The first-order valence-corrected chi connectivity index (χ1v) is 5.57. The van der Waals surface area contributed by atoms with E-state index in [0.29, 0.717) is 6.61 Å². The average molecular weight is 223 g/mol. The molecule has 0 aliphatic rings. The Bertz CT molecular complexity index is 285. The Kier molecular flexibility index (Phi) is 5.82. The van der Waals surface area contributed by atoms with E-state index in [1.165, 1.54) is 5.56 Å². The van der Waals surface area contributed by atoms with Crippen LogP contribution in [0.3, 0.4) is 0 Å². The van der Waals surface area contributed by atoms with Gasteiger partial charge in [-0.1, -0.05) is 6.07 Å². The van der Waals surface area contributed by atoms with Crippen LogP contribution < -0.4 is 5.32 Å². The highest BCUT2D eigenvalue weighted by atomic mass is 16.5. The molecule has 90 valence electrons. The molecule has 1 rings (SSSR count). The fraction of sp³-hybridized carbons (Fsp3) is 0.583. The topological polar surface area (TPSA) is 37.4 Å². The molecule has 4 nitrogen and oxygen atoms in total. The second kappa shape index (κ2) is 7.19. The summed E-state index contributed by atoms with van der Waals surface area (Å²) in [4.78, 5) is 6.36. The number of nitrogens with one attached hydrogen (secondary N) is 1. The molecule has 0 saturated heterocycles. The molecule has 1 aromatic rings. The lowest BCUT2D eigenvalue weighted by Gasteiger charge is -2.10. The van der Waals surface area contributed by atoms with E-state index in [-0.39, 0.29) is 0 Å². The van der Waals surface area contributed by atoms with Gasteiger partial charge in [0.2, 0.25) is 0 Å². The Hall–Kier alpha value is -1.13. The fourth-order valence-corrected chi connectivity index (χ4v) is 1.17. The van der Waals surface area contributed by atoms with Crippen molar-refractivity contribution in [1.82, 2.24) is 9.88 Å². The normalized spacial score (nSPS) is 10.8. The summed E-state index contributed by atoms with van der Waals surface area (Å²) in [6.45, 7) is 5.27. The largest absolute Gasteiger partial charge is 0.378 e. The smallest absolute Gasteiger partial charge is 0.125 e. The van der Waals surface area contributed by atoms with E-state index in [1.807, 2.05) is 39.3 Å². The second-order valence-electron chi connectivity index (χ2n) is 4.06. The van der Waals surface area contributed by atoms with Crippen molar-refractivity contribution >= 4 is 5.82 Å². The van der Waals surface area contributed by atoms with Gasteiger partial charge in [0, 0.05) is 19.3 Å². The summed E-state index contributed by atoms with van der Waals surface area (Å²) in [5, 5.41) is 3.21. The molecule has 0 spiro atoms. The molecular weight excluding hydrogens is 202 g/mol. The standard InChI is InChI=1S/C12H21N3O/c1-11-4-5-12(14-10-11)13-6-8-16-9-7-15(2)3/h4-5,10H,6-9H2,1-3H3,(H,13,14). The number of ether oxygens (including phenoxy) is 1. The Labute approximate surface area is 97.6 Å². The van der Waals surface area contributed by atoms with Crippen LogP contribution in [0, 0.1) is 6.92 Å². The van der Waals surface area contributed by atoms with Crippen LogP contribution >= 0.6 is 0 Å². The molecule has 1 heterocycles. The van der Waals surface area contributed by atoms with E-state index < -0.39 is 0 Å². The van der Waals surface area contributed by atoms with Gasteiger partial charge < -0.3 is 15.0 Å². The van der Waals surface area contributed by atoms with E-state index in [1.54, 1.807) is 0 Å². The fourth-order valence-electron chi connectivity index (χ4n) is 1.17. The average Bonchev–Trinajstić information content (AvgIpc) is 2.25. The molecule has 16 heavy (non-hydrogen) atoms. The minimum atomic E-state index is 0.712. The van der Waals surface area contributed by atoms with Crippen molar-refractivity contribution < 1.29 is 4.74 Å². The van der Waals surface area contributed by atoms with Gasteiger partial charge in [-0.25, -0.2) is 4.98 Å². The summed E-state index contributed by atoms with van der Waals surface area (Å²) in [6.07, 6.45) is 1.86. The summed E-state index contributed by atoms with van der Waals surface area (Å²) in [7, 11) is 4.08. The van der Waals surface area contributed by atoms with Gasteiger partial charge in [0.1, 0.15) is 5.82 Å². The van der Waals surface area contributed by atoms with Crippen molar-refractivity contribution in [2.24, 2.45) is 0 Å². The molecule has 0 amide bonds. The predicted molar refractivity (Wildman–Crippen MR) is 66.8 cm³/mol. The van der Waals surface area contributed by atoms with Crippen LogP contribution in [0.2, 0.25) is 0 Å². The highest BCUT2D eigenvalue weighted by Gasteiger charge is 1.93. The molecule has 1 aromatic heterocycles. The van der Waals surface area contributed by atoms with Crippen molar-refractivity contribution in [3.63, 3.8) is 0 Å². The van der Waals surface area contributed by atoms with Crippen LogP contribution in [0.1, 0.15) is 5.56 Å². The first kappa shape index (κ1) is 12.9. The van der Waals surface area contributed by atoms with E-state index in [2.05, 4.69) is 15.2 Å². The zero-order chi connectivity index (χ0) is 11.8. The van der Waals surface area contributed by atoms with Gasteiger partial charge in [-0.15, -0.1) is 0 Å². The number of hydrogen-bond donors (Lipinski definition) is 1. The summed E-state index contributed by atoms with van der Waals surface area (Å²) in [5.74, 6) is 0.904. The van der Waals surface area contributed by atoms with Crippen LogP contribution in [-0.4, -0.2) is 50.3 Å². The van der Waals surface area contributed by atoms with Crippen LogP contribution in [0.4, 0.5) is 5.82 Å². The Morgan fingerprint density at radius 3 is 2.75 bits per heavy atom. The van der Waals surface area contributed by atoms with Crippen LogP contribution in [0.15, 0.2) is 18.3 Å². The summed E-state index contributed by atoms with van der Waals surface area (Å²) < 4.78 is 5.46. The van der Waals surface area contributed by atoms with Crippen molar-refractivity contribution in [2.45, 2.75) is 6.92 Å². The van der Waals surface area contributed by atoms with E-state index in [9.17, 15) is 0 Å². The molecule has 0 saturated carbocycles. The van der Waals surface area contributed by atoms with Crippen LogP contribution in [0.25, 0.3) is 0 Å². The second-order valence-corrected chi connectivity index (χ2v) is 4.06. The van der Waals surface area contributed by atoms with Gasteiger partial charge in [-0.2, -0.15) is 0 Å². The number of aryl methyl sites for hydroxylation is 1. The quantitative estimate of drug-likeness (QED) is 0.709. The van der Waals surface area contributed by atoms with Gasteiger partial charge in [-0.3, -0.25) is 0 Å². The zero-order valence-electron chi connectivity index (χ0n) is 10.4. The maximum atomic E-state index is 5.46. The molecule has 0 atom stereocenters. The number of likely N-dealkylation sites (N-methyl/N-ethyl adjacent to an activating group) is 1. The summed E-state index contributed by atoms with van der Waals surface area (Å²) in [6, 6.07) is 4.03. The zero-order valence-corrected chi connectivity index (χ0v) is 10.4. The summed E-state index contributed by atoms with van der Waals surface area (Å²) in [5.41, 5.74) is 1.17. The summed E-state index contributed by atoms with van der Waals surface area (Å²) >= 11 is 0. The van der Waals surface area contributed by atoms with Crippen molar-refractivity contribution in [2.75, 3.05) is 45.7 Å². The minimum absolute atomic E-state index is 0.712. The van der Waals surface area contributed by atoms with Crippen molar-refractivity contribution in [1.29, 1.82) is 0 Å². The van der Waals surface area contributed by atoms with Crippen LogP contribution in [0.5, 0.6) is 0 Å². The highest BCUT2D eigenvalue weighted by molar-refractivity contribution is 5.34. The molecule has 0 radical (unpaired) electrons. The molecule has 0 unspecified atom stereocenters. The Balaban J connectivity index is 2.05. The first-order chi connectivity index (χ1) is 7.68. The highest BCUT2D eigenvalue weighted by Crippen LogP contribution is 2.02. The number of hydrogen-bond acceptors (Lipinski definition) is 4. The van der Waals surface area contributed by atoms with E-state index >= 15 is 0 Å². The third kappa shape index (κ3) is 5.68. The maximum absolute atomic E-state index is 5.46. The predicted octanol–water partition coefficient (Wildman–Crippen LogP) is 1.38. The lowest BCUT2D eigenvalue weighted by Crippen LogP contribution is -2.20. The lowest BCUT2D eigenvalue weighted by atomic mass is 10.3. The number of nitrogens with zero attached hydrogens (tertiary/aromatic N) is 2. The van der Waals surface area contributed by atoms with Gasteiger partial charge in [0.25, 0.3) is 0 Å². The number of aromatic nitrogens is 1. The van der Waals surface area contributed by atoms with Gasteiger partial charge >= 0.3 is 0 Å². The van der Waals surface area contributed by atoms with Gasteiger partial charge in [0.05, 0.1) is 13.2 Å². The monoisotopic (exact) mass is 223 g/mol. The third-order valence-electron chi connectivity index (χ3n) is 2.15. The van der Waals surface area contributed by atoms with Gasteiger partial charge in [0.15, 0.2) is 0 Å². The van der Waals surface area contributed by atoms with Crippen molar-refractivity contribution in [3.8, 4) is 0 Å². The van der Waals surface area contributed by atoms with E-state index in [0.717, 1.165) is 25.5 Å². The third-order valence-corrected chi connectivity index (χ3v) is 2.15.